The van der Waals surface area contributed by atoms with E-state index in [1.165, 1.54) is 18.4 Å². The summed E-state index contributed by atoms with van der Waals surface area (Å²) in [6, 6.07) is 0. The second kappa shape index (κ2) is 7.55. The van der Waals surface area contributed by atoms with Crippen LogP contribution in [0.25, 0.3) is 0 Å². The number of allylic oxidation sites excluding steroid dienone is 2. The molecule has 0 radical (unpaired) electrons. The van der Waals surface area contributed by atoms with Gasteiger partial charge < -0.3 is 5.73 Å². The fourth-order valence-corrected chi connectivity index (χ4v) is 0.957. The zero-order valence-corrected chi connectivity index (χ0v) is 7.47. The van der Waals surface area contributed by atoms with Gasteiger partial charge in [0.2, 0.25) is 0 Å². The predicted molar refractivity (Wildman–Crippen MR) is 51.5 cm³/mol. The molecule has 0 amide bonds. The van der Waals surface area contributed by atoms with E-state index < -0.39 is 0 Å². The second-order valence-electron chi connectivity index (χ2n) is 2.81. The van der Waals surface area contributed by atoms with Crippen molar-refractivity contribution in [3.05, 3.63) is 24.3 Å². The molecule has 1 nitrogen and oxygen atoms in total. The monoisotopic (exact) mass is 153 g/mol. The van der Waals surface area contributed by atoms with E-state index in [9.17, 15) is 0 Å². The molecule has 1 heteroatoms. The van der Waals surface area contributed by atoms with Crippen LogP contribution in [-0.4, -0.2) is 6.54 Å². The highest BCUT2D eigenvalue weighted by molar-refractivity contribution is 4.98. The molecule has 0 saturated heterocycles. The molecule has 0 aromatic rings. The van der Waals surface area contributed by atoms with E-state index in [2.05, 4.69) is 19.6 Å². The molecule has 0 bridgehead atoms. The standard InChI is InChI=1S/C10H19N/c1-3-4-5-7-10(2)8-6-9-11/h3,8H,1,4-7,9,11H2,2H3. The quantitative estimate of drug-likeness (QED) is 0.460. The molecule has 0 heterocycles. The van der Waals surface area contributed by atoms with Crippen molar-refractivity contribution in [2.75, 3.05) is 6.54 Å². The van der Waals surface area contributed by atoms with Gasteiger partial charge in [-0.3, -0.25) is 0 Å². The summed E-state index contributed by atoms with van der Waals surface area (Å²) >= 11 is 0. The van der Waals surface area contributed by atoms with Gasteiger partial charge in [0.25, 0.3) is 0 Å². The van der Waals surface area contributed by atoms with Gasteiger partial charge in [0.1, 0.15) is 0 Å². The molecule has 0 atom stereocenters. The third-order valence-corrected chi connectivity index (χ3v) is 1.64. The van der Waals surface area contributed by atoms with Crippen LogP contribution in [0.3, 0.4) is 0 Å². The lowest BCUT2D eigenvalue weighted by molar-refractivity contribution is 0.825. The van der Waals surface area contributed by atoms with Crippen LogP contribution in [0, 0.1) is 0 Å². The van der Waals surface area contributed by atoms with Crippen molar-refractivity contribution in [2.45, 2.75) is 32.6 Å². The first-order valence-corrected chi connectivity index (χ1v) is 4.28. The Morgan fingerprint density at radius 2 is 2.18 bits per heavy atom. The van der Waals surface area contributed by atoms with Gasteiger partial charge in [0, 0.05) is 0 Å². The molecule has 11 heavy (non-hydrogen) atoms. The maximum Gasteiger partial charge on any atom is -0.00425 e. The van der Waals surface area contributed by atoms with Gasteiger partial charge >= 0.3 is 0 Å². The van der Waals surface area contributed by atoms with Crippen molar-refractivity contribution >= 4 is 0 Å². The summed E-state index contributed by atoms with van der Waals surface area (Å²) in [5.74, 6) is 0. The Morgan fingerprint density at radius 1 is 1.45 bits per heavy atom. The van der Waals surface area contributed by atoms with Gasteiger partial charge in [-0.15, -0.1) is 6.58 Å². The highest BCUT2D eigenvalue weighted by atomic mass is 14.5. The molecular formula is C10H19N. The lowest BCUT2D eigenvalue weighted by Gasteiger charge is -1.98. The van der Waals surface area contributed by atoms with E-state index in [0.717, 1.165) is 19.4 Å². The predicted octanol–water partition coefficient (Wildman–Crippen LogP) is 2.64. The topological polar surface area (TPSA) is 26.0 Å². The minimum absolute atomic E-state index is 0.763. The van der Waals surface area contributed by atoms with Crippen LogP contribution in [0.15, 0.2) is 24.3 Å². The maximum absolute atomic E-state index is 5.37. The Hall–Kier alpha value is -0.560. The molecule has 0 aliphatic carbocycles. The largest absolute Gasteiger partial charge is 0.330 e. The SMILES string of the molecule is C=CCCCC(C)=CCCN. The van der Waals surface area contributed by atoms with Crippen LogP contribution in [0.5, 0.6) is 0 Å². The molecule has 0 spiro atoms. The molecular weight excluding hydrogens is 134 g/mol. The van der Waals surface area contributed by atoms with Gasteiger partial charge in [0.15, 0.2) is 0 Å². The van der Waals surface area contributed by atoms with E-state index in [1.807, 2.05) is 6.08 Å². The zero-order chi connectivity index (χ0) is 8.53. The second-order valence-corrected chi connectivity index (χ2v) is 2.81. The number of hydrogen-bond donors (Lipinski definition) is 1. The van der Waals surface area contributed by atoms with Crippen molar-refractivity contribution in [3.8, 4) is 0 Å². The Balaban J connectivity index is 3.34. The van der Waals surface area contributed by atoms with Crippen LogP contribution in [0.4, 0.5) is 0 Å². The van der Waals surface area contributed by atoms with Gasteiger partial charge in [-0.25, -0.2) is 0 Å². The molecule has 0 unspecified atom stereocenters. The van der Waals surface area contributed by atoms with E-state index in [4.69, 9.17) is 5.73 Å². The van der Waals surface area contributed by atoms with E-state index in [1.54, 1.807) is 0 Å². The fraction of sp³-hybridized carbons (Fsp3) is 0.600. The van der Waals surface area contributed by atoms with Crippen LogP contribution < -0.4 is 5.73 Å². The Kier molecular flexibility index (Phi) is 7.16. The van der Waals surface area contributed by atoms with E-state index >= 15 is 0 Å². The summed E-state index contributed by atoms with van der Waals surface area (Å²) in [4.78, 5) is 0. The van der Waals surface area contributed by atoms with Gasteiger partial charge in [-0.05, 0) is 39.2 Å². The van der Waals surface area contributed by atoms with Crippen molar-refractivity contribution in [1.82, 2.24) is 0 Å². The average Bonchev–Trinajstić information content (AvgIpc) is 2.01. The number of nitrogens with two attached hydrogens (primary N) is 1. The van der Waals surface area contributed by atoms with Crippen molar-refractivity contribution in [2.24, 2.45) is 5.73 Å². The summed E-state index contributed by atoms with van der Waals surface area (Å²) in [5.41, 5.74) is 6.83. The molecule has 64 valence electrons. The van der Waals surface area contributed by atoms with E-state index in [-0.39, 0.29) is 0 Å². The van der Waals surface area contributed by atoms with Gasteiger partial charge in [-0.2, -0.15) is 0 Å². The lowest BCUT2D eigenvalue weighted by Crippen LogP contribution is -1.95. The molecule has 0 aromatic heterocycles. The van der Waals surface area contributed by atoms with Crippen LogP contribution >= 0.6 is 0 Å². The molecule has 0 fully saturated rings. The van der Waals surface area contributed by atoms with Gasteiger partial charge in [0.05, 0.1) is 0 Å². The summed E-state index contributed by atoms with van der Waals surface area (Å²) in [7, 11) is 0. The summed E-state index contributed by atoms with van der Waals surface area (Å²) in [6.45, 7) is 6.61. The molecule has 0 aliphatic rings. The minimum Gasteiger partial charge on any atom is -0.330 e. The van der Waals surface area contributed by atoms with Crippen LogP contribution in [-0.2, 0) is 0 Å². The lowest BCUT2D eigenvalue weighted by atomic mass is 10.1. The zero-order valence-electron chi connectivity index (χ0n) is 7.47. The van der Waals surface area contributed by atoms with Crippen molar-refractivity contribution < 1.29 is 0 Å². The Labute approximate surface area is 70.0 Å². The average molecular weight is 153 g/mol. The number of rotatable bonds is 6. The molecule has 0 saturated carbocycles. The Bertz CT molecular complexity index is 125. The third kappa shape index (κ3) is 7.34. The number of unbranched alkanes of at least 4 members (excludes halogenated alkanes) is 1. The highest BCUT2D eigenvalue weighted by Gasteiger charge is 1.87. The first-order chi connectivity index (χ1) is 5.31. The van der Waals surface area contributed by atoms with E-state index in [0.29, 0.717) is 0 Å². The first-order valence-electron chi connectivity index (χ1n) is 4.28. The minimum atomic E-state index is 0.763. The third-order valence-electron chi connectivity index (χ3n) is 1.64. The highest BCUT2D eigenvalue weighted by Crippen LogP contribution is 2.06. The first kappa shape index (κ1) is 10.4. The maximum atomic E-state index is 5.37. The number of hydrogen-bond acceptors (Lipinski definition) is 1. The molecule has 0 aliphatic heterocycles. The summed E-state index contributed by atoms with van der Waals surface area (Å²) < 4.78 is 0. The molecule has 2 N–H and O–H groups in total. The van der Waals surface area contributed by atoms with Crippen LogP contribution in [0.2, 0.25) is 0 Å². The van der Waals surface area contributed by atoms with Gasteiger partial charge in [-0.1, -0.05) is 17.7 Å². The van der Waals surface area contributed by atoms with Crippen LogP contribution in [0.1, 0.15) is 32.6 Å². The Morgan fingerprint density at radius 3 is 2.73 bits per heavy atom. The summed E-state index contributed by atoms with van der Waals surface area (Å²) in [5, 5.41) is 0. The smallest absolute Gasteiger partial charge is 0.00425 e. The van der Waals surface area contributed by atoms with Crippen molar-refractivity contribution in [3.63, 3.8) is 0 Å². The molecule has 0 rings (SSSR count). The summed E-state index contributed by atoms with van der Waals surface area (Å²) in [6.07, 6.45) is 8.73. The van der Waals surface area contributed by atoms with Crippen molar-refractivity contribution in [1.29, 1.82) is 0 Å². The normalized spacial score (nSPS) is 11.6. The fourth-order valence-electron chi connectivity index (χ4n) is 0.957. The molecule has 0 aromatic carbocycles.